The molecule has 0 aliphatic carbocycles. The van der Waals surface area contributed by atoms with Crippen molar-refractivity contribution in [3.8, 4) is 11.3 Å². The summed E-state index contributed by atoms with van der Waals surface area (Å²) in [7, 11) is 1.74. The maximum Gasteiger partial charge on any atom is 0.274 e. The highest BCUT2D eigenvalue weighted by Gasteiger charge is 2.24. The first-order chi connectivity index (χ1) is 14.9. The summed E-state index contributed by atoms with van der Waals surface area (Å²) >= 11 is 0. The molecule has 0 unspecified atom stereocenters. The number of carbonyl (C=O) groups is 1. The number of benzene rings is 1. The molecule has 0 aliphatic heterocycles. The molecule has 0 fully saturated rings. The van der Waals surface area contributed by atoms with Gasteiger partial charge in [0.25, 0.3) is 5.91 Å². The number of amides is 1. The molecule has 160 valence electrons. The molecule has 0 saturated carbocycles. The molecule has 7 nitrogen and oxygen atoms in total. The van der Waals surface area contributed by atoms with Crippen molar-refractivity contribution in [1.82, 2.24) is 29.3 Å². The lowest BCUT2D eigenvalue weighted by Crippen LogP contribution is -2.31. The number of aromatic nitrogens is 5. The Bertz CT molecular complexity index is 1230. The van der Waals surface area contributed by atoms with Crippen LogP contribution in [0, 0.1) is 12.7 Å². The topological polar surface area (TPSA) is 68.3 Å². The first kappa shape index (κ1) is 20.7. The highest BCUT2D eigenvalue weighted by molar-refractivity contribution is 5.93. The zero-order valence-electron chi connectivity index (χ0n) is 18.1. The summed E-state index contributed by atoms with van der Waals surface area (Å²) in [4.78, 5) is 19.3. The van der Waals surface area contributed by atoms with Crippen molar-refractivity contribution >= 4 is 11.6 Å². The van der Waals surface area contributed by atoms with E-state index in [1.54, 1.807) is 40.9 Å². The van der Waals surface area contributed by atoms with Crippen molar-refractivity contribution in [3.05, 3.63) is 71.6 Å². The SMILES string of the molecule is CC[C@@H](c1ccc(F)cc1)N(C)C(=O)c1cc2nccc(-c3cnn(CC)c3C)n2n1. The molecule has 3 heterocycles. The first-order valence-corrected chi connectivity index (χ1v) is 10.3. The predicted octanol–water partition coefficient (Wildman–Crippen LogP) is 4.28. The lowest BCUT2D eigenvalue weighted by Gasteiger charge is -2.27. The van der Waals surface area contributed by atoms with Crippen molar-refractivity contribution in [2.24, 2.45) is 0 Å². The number of hydrogen-bond acceptors (Lipinski definition) is 4. The Morgan fingerprint density at radius 2 is 1.94 bits per heavy atom. The van der Waals surface area contributed by atoms with Crippen LogP contribution in [0.2, 0.25) is 0 Å². The minimum Gasteiger partial charge on any atom is -0.333 e. The monoisotopic (exact) mass is 420 g/mol. The van der Waals surface area contributed by atoms with Crippen LogP contribution in [-0.2, 0) is 6.54 Å². The number of carbonyl (C=O) groups excluding carboxylic acids is 1. The van der Waals surface area contributed by atoms with Crippen LogP contribution in [0.4, 0.5) is 4.39 Å². The summed E-state index contributed by atoms with van der Waals surface area (Å²) in [6, 6.07) is 9.63. The Kier molecular flexibility index (Phi) is 5.54. The van der Waals surface area contributed by atoms with Crippen molar-refractivity contribution in [3.63, 3.8) is 0 Å². The van der Waals surface area contributed by atoms with Gasteiger partial charge in [0.1, 0.15) is 5.82 Å². The van der Waals surface area contributed by atoms with Gasteiger partial charge in [-0.3, -0.25) is 9.48 Å². The van der Waals surface area contributed by atoms with Crippen molar-refractivity contribution in [1.29, 1.82) is 0 Å². The second-order valence-corrected chi connectivity index (χ2v) is 7.48. The Hall–Kier alpha value is -3.55. The van der Waals surface area contributed by atoms with Crippen LogP contribution < -0.4 is 0 Å². The van der Waals surface area contributed by atoms with Crippen LogP contribution in [0.3, 0.4) is 0 Å². The normalized spacial score (nSPS) is 12.3. The van der Waals surface area contributed by atoms with Gasteiger partial charge in [-0.1, -0.05) is 19.1 Å². The van der Waals surface area contributed by atoms with Crippen LogP contribution in [0.15, 0.2) is 48.8 Å². The van der Waals surface area contributed by atoms with Crippen molar-refractivity contribution in [2.75, 3.05) is 7.05 Å². The summed E-state index contributed by atoms with van der Waals surface area (Å²) in [6.07, 6.45) is 4.21. The average molecular weight is 420 g/mol. The number of aryl methyl sites for hydroxylation is 1. The Morgan fingerprint density at radius 3 is 2.58 bits per heavy atom. The molecule has 1 aromatic carbocycles. The lowest BCUT2D eigenvalue weighted by molar-refractivity contribution is 0.0720. The molecule has 0 saturated heterocycles. The minimum atomic E-state index is -0.298. The van der Waals surface area contributed by atoms with E-state index in [0.29, 0.717) is 17.8 Å². The molecule has 0 bridgehead atoms. The van der Waals surface area contributed by atoms with Gasteiger partial charge in [-0.25, -0.2) is 13.9 Å². The number of rotatable bonds is 6. The molecule has 1 amide bonds. The molecule has 1 atom stereocenters. The van der Waals surface area contributed by atoms with E-state index in [1.165, 1.54) is 12.1 Å². The molecule has 0 N–H and O–H groups in total. The molecule has 3 aromatic heterocycles. The zero-order chi connectivity index (χ0) is 22.1. The second kappa shape index (κ2) is 8.29. The second-order valence-electron chi connectivity index (χ2n) is 7.48. The van der Waals surface area contributed by atoms with E-state index in [-0.39, 0.29) is 17.8 Å². The fraction of sp³-hybridized carbons (Fsp3) is 0.304. The smallest absolute Gasteiger partial charge is 0.274 e. The molecular weight excluding hydrogens is 395 g/mol. The number of fused-ring (bicyclic) bond motifs is 1. The number of hydrogen-bond donors (Lipinski definition) is 0. The molecule has 31 heavy (non-hydrogen) atoms. The molecule has 4 aromatic rings. The van der Waals surface area contributed by atoms with E-state index < -0.39 is 0 Å². The van der Waals surface area contributed by atoms with Gasteiger partial charge < -0.3 is 4.90 Å². The third-order valence-electron chi connectivity index (χ3n) is 5.69. The third kappa shape index (κ3) is 3.69. The molecule has 4 rings (SSSR count). The van der Waals surface area contributed by atoms with Crippen LogP contribution >= 0.6 is 0 Å². The van der Waals surface area contributed by atoms with Crippen LogP contribution in [0.5, 0.6) is 0 Å². The van der Waals surface area contributed by atoms with Crippen LogP contribution in [0.1, 0.15) is 48.1 Å². The van der Waals surface area contributed by atoms with Crippen molar-refractivity contribution in [2.45, 2.75) is 39.8 Å². The quantitative estimate of drug-likeness (QED) is 0.467. The van der Waals surface area contributed by atoms with Crippen LogP contribution in [0.25, 0.3) is 16.9 Å². The maximum atomic E-state index is 13.3. The molecule has 0 radical (unpaired) electrons. The summed E-state index contributed by atoms with van der Waals surface area (Å²) < 4.78 is 16.9. The summed E-state index contributed by atoms with van der Waals surface area (Å²) in [6.45, 7) is 6.82. The summed E-state index contributed by atoms with van der Waals surface area (Å²) in [5.41, 5.74) is 4.58. The standard InChI is InChI=1S/C23H25FN6O/c1-5-20(16-7-9-17(24)10-8-16)28(4)23(31)19-13-22-25-12-11-21(30(22)27-19)18-14-26-29(6-2)15(18)3/h7-14,20H,5-6H2,1-4H3/t20-/m0/s1. The largest absolute Gasteiger partial charge is 0.333 e. The van der Waals surface area contributed by atoms with E-state index in [1.807, 2.05) is 37.7 Å². The predicted molar refractivity (Wildman–Crippen MR) is 116 cm³/mol. The highest BCUT2D eigenvalue weighted by atomic mass is 19.1. The number of nitrogens with zero attached hydrogens (tertiary/aromatic N) is 6. The number of halogens is 1. The summed E-state index contributed by atoms with van der Waals surface area (Å²) in [5.74, 6) is -0.512. The van der Waals surface area contributed by atoms with E-state index in [9.17, 15) is 9.18 Å². The maximum absolute atomic E-state index is 13.3. The fourth-order valence-corrected chi connectivity index (χ4v) is 3.96. The van der Waals surface area contributed by atoms with Gasteiger partial charge in [0.15, 0.2) is 11.3 Å². The summed E-state index contributed by atoms with van der Waals surface area (Å²) in [5, 5.41) is 8.99. The third-order valence-corrected chi connectivity index (χ3v) is 5.69. The van der Waals surface area contributed by atoms with Crippen molar-refractivity contribution < 1.29 is 9.18 Å². The van der Waals surface area contributed by atoms with Gasteiger partial charge in [0.05, 0.1) is 17.9 Å². The molecular formula is C23H25FN6O. The van der Waals surface area contributed by atoms with E-state index in [2.05, 4.69) is 15.2 Å². The fourth-order valence-electron chi connectivity index (χ4n) is 3.96. The molecule has 0 aliphatic rings. The van der Waals surface area contributed by atoms with E-state index in [4.69, 9.17) is 0 Å². The zero-order valence-corrected chi connectivity index (χ0v) is 18.1. The van der Waals surface area contributed by atoms with Gasteiger partial charge in [0.2, 0.25) is 0 Å². The Labute approximate surface area is 180 Å². The first-order valence-electron chi connectivity index (χ1n) is 10.3. The van der Waals surface area contributed by atoms with Gasteiger partial charge in [-0.05, 0) is 44.0 Å². The Morgan fingerprint density at radius 1 is 1.19 bits per heavy atom. The molecule has 0 spiro atoms. The highest BCUT2D eigenvalue weighted by Crippen LogP contribution is 2.26. The average Bonchev–Trinajstić information content (AvgIpc) is 3.38. The van der Waals surface area contributed by atoms with E-state index in [0.717, 1.165) is 29.1 Å². The minimum absolute atomic E-state index is 0.185. The van der Waals surface area contributed by atoms with E-state index >= 15 is 0 Å². The lowest BCUT2D eigenvalue weighted by atomic mass is 10.0. The molecule has 8 heteroatoms. The van der Waals surface area contributed by atoms with Gasteiger partial charge in [-0.2, -0.15) is 10.2 Å². The Balaban J connectivity index is 1.70. The van der Waals surface area contributed by atoms with Gasteiger partial charge >= 0.3 is 0 Å². The van der Waals surface area contributed by atoms with Gasteiger partial charge in [-0.15, -0.1) is 0 Å². The van der Waals surface area contributed by atoms with Crippen LogP contribution in [-0.4, -0.2) is 42.2 Å². The van der Waals surface area contributed by atoms with Gasteiger partial charge in [0, 0.05) is 37.1 Å².